The molecule has 182 valence electrons. The summed E-state index contributed by atoms with van der Waals surface area (Å²) in [5.41, 5.74) is 4.48. The van der Waals surface area contributed by atoms with Gasteiger partial charge in [0.1, 0.15) is 0 Å². The molecule has 1 fully saturated rings. The predicted molar refractivity (Wildman–Crippen MR) is 134 cm³/mol. The number of carbonyl (C=O) groups excluding carboxylic acids is 1. The SMILES string of the molecule is CN(CCN(Cc1ccccc1Cl)C(=O)CNc1cccc2c1CCN(CC1CC1)C2)C(=O)O. The van der Waals surface area contributed by atoms with Crippen molar-refractivity contribution in [2.24, 2.45) is 5.92 Å². The van der Waals surface area contributed by atoms with Gasteiger partial charge in [-0.3, -0.25) is 9.69 Å². The van der Waals surface area contributed by atoms with Gasteiger partial charge in [0, 0.05) is 57.0 Å². The van der Waals surface area contributed by atoms with Gasteiger partial charge in [-0.2, -0.15) is 0 Å². The zero-order chi connectivity index (χ0) is 24.1. The predicted octanol–water partition coefficient (Wildman–Crippen LogP) is 4.16. The van der Waals surface area contributed by atoms with E-state index in [1.165, 1.54) is 42.5 Å². The van der Waals surface area contributed by atoms with Gasteiger partial charge in [-0.15, -0.1) is 0 Å². The molecule has 1 heterocycles. The summed E-state index contributed by atoms with van der Waals surface area (Å²) >= 11 is 6.32. The Balaban J connectivity index is 1.41. The third kappa shape index (κ3) is 6.42. The van der Waals surface area contributed by atoms with E-state index in [9.17, 15) is 14.7 Å². The molecule has 0 atom stereocenters. The number of benzene rings is 2. The average Bonchev–Trinajstić information content (AvgIpc) is 3.64. The van der Waals surface area contributed by atoms with Crippen LogP contribution in [0, 0.1) is 5.92 Å². The minimum Gasteiger partial charge on any atom is -0.465 e. The maximum atomic E-state index is 13.2. The molecule has 0 unspecified atom stereocenters. The van der Waals surface area contributed by atoms with E-state index >= 15 is 0 Å². The highest BCUT2D eigenvalue weighted by Crippen LogP contribution is 2.32. The smallest absolute Gasteiger partial charge is 0.407 e. The fourth-order valence-corrected chi connectivity index (χ4v) is 4.62. The second-order valence-corrected chi connectivity index (χ2v) is 9.74. The topological polar surface area (TPSA) is 76.1 Å². The minimum atomic E-state index is -1.02. The number of nitrogens with one attached hydrogen (secondary N) is 1. The van der Waals surface area contributed by atoms with Crippen molar-refractivity contribution in [3.8, 4) is 0 Å². The highest BCUT2D eigenvalue weighted by atomic mass is 35.5. The molecule has 2 aromatic rings. The molecule has 0 bridgehead atoms. The standard InChI is InChI=1S/C26H33ClN4O3/c1-29(26(33)34)13-14-31(18-21-5-2-3-7-23(21)27)25(32)15-28-24-8-4-6-20-17-30(12-11-22(20)24)16-19-9-10-19/h2-8,19,28H,9-18H2,1H3,(H,33,34). The van der Waals surface area contributed by atoms with E-state index in [-0.39, 0.29) is 25.5 Å². The van der Waals surface area contributed by atoms with E-state index in [2.05, 4.69) is 22.3 Å². The van der Waals surface area contributed by atoms with Crippen molar-refractivity contribution < 1.29 is 14.7 Å². The van der Waals surface area contributed by atoms with E-state index in [1.54, 1.807) is 11.0 Å². The van der Waals surface area contributed by atoms with Crippen molar-refractivity contribution >= 4 is 29.3 Å². The van der Waals surface area contributed by atoms with Gasteiger partial charge in [0.25, 0.3) is 0 Å². The molecule has 2 N–H and O–H groups in total. The summed E-state index contributed by atoms with van der Waals surface area (Å²) in [7, 11) is 1.50. The van der Waals surface area contributed by atoms with Crippen LogP contribution in [0.2, 0.25) is 5.02 Å². The van der Waals surface area contributed by atoms with Crippen LogP contribution in [0.1, 0.15) is 29.5 Å². The second kappa shape index (κ2) is 11.1. The molecular weight excluding hydrogens is 452 g/mol. The summed E-state index contributed by atoms with van der Waals surface area (Å²) in [6.07, 6.45) is 2.68. The number of fused-ring (bicyclic) bond motifs is 1. The zero-order valence-electron chi connectivity index (χ0n) is 19.7. The molecule has 8 heteroatoms. The molecule has 0 spiro atoms. The van der Waals surface area contributed by atoms with E-state index in [1.807, 2.05) is 24.3 Å². The van der Waals surface area contributed by atoms with E-state index < -0.39 is 6.09 Å². The third-order valence-corrected chi connectivity index (χ3v) is 7.06. The first-order valence-electron chi connectivity index (χ1n) is 11.9. The third-order valence-electron chi connectivity index (χ3n) is 6.69. The number of halogens is 1. The summed E-state index contributed by atoms with van der Waals surface area (Å²) < 4.78 is 0. The largest absolute Gasteiger partial charge is 0.465 e. The number of carboxylic acid groups (broad SMARTS) is 1. The Morgan fingerprint density at radius 2 is 1.94 bits per heavy atom. The summed E-state index contributed by atoms with van der Waals surface area (Å²) in [6.45, 7) is 4.20. The molecular formula is C26H33ClN4O3. The van der Waals surface area contributed by atoms with Gasteiger partial charge in [0.05, 0.1) is 6.54 Å². The molecule has 2 aromatic carbocycles. The molecule has 7 nitrogen and oxygen atoms in total. The number of likely N-dealkylation sites (N-methyl/N-ethyl adjacent to an activating group) is 1. The minimum absolute atomic E-state index is 0.0949. The van der Waals surface area contributed by atoms with Crippen LogP contribution in [0.3, 0.4) is 0 Å². The Labute approximate surface area is 206 Å². The lowest BCUT2D eigenvalue weighted by Gasteiger charge is -2.30. The zero-order valence-corrected chi connectivity index (χ0v) is 20.4. The number of hydrogen-bond donors (Lipinski definition) is 2. The first kappa shape index (κ1) is 24.4. The highest BCUT2D eigenvalue weighted by molar-refractivity contribution is 6.31. The van der Waals surface area contributed by atoms with Crippen molar-refractivity contribution in [3.05, 3.63) is 64.2 Å². The van der Waals surface area contributed by atoms with Gasteiger partial charge >= 0.3 is 6.09 Å². The summed E-state index contributed by atoms with van der Waals surface area (Å²) in [5.74, 6) is 0.784. The molecule has 1 aliphatic carbocycles. The first-order valence-corrected chi connectivity index (χ1v) is 12.3. The molecule has 0 radical (unpaired) electrons. The van der Waals surface area contributed by atoms with Gasteiger partial charge in [-0.1, -0.05) is 41.9 Å². The Morgan fingerprint density at radius 1 is 1.15 bits per heavy atom. The van der Waals surface area contributed by atoms with E-state index in [4.69, 9.17) is 11.6 Å². The maximum absolute atomic E-state index is 13.2. The summed E-state index contributed by atoms with van der Waals surface area (Å²) in [5, 5.41) is 13.1. The average molecular weight is 485 g/mol. The molecule has 2 amide bonds. The summed E-state index contributed by atoms with van der Waals surface area (Å²) in [4.78, 5) is 29.8. The van der Waals surface area contributed by atoms with Crippen LogP contribution in [0.4, 0.5) is 10.5 Å². The van der Waals surface area contributed by atoms with Crippen LogP contribution >= 0.6 is 11.6 Å². The Morgan fingerprint density at radius 3 is 2.68 bits per heavy atom. The number of rotatable bonds is 10. The van der Waals surface area contributed by atoms with Gasteiger partial charge in [0.15, 0.2) is 0 Å². The summed E-state index contributed by atoms with van der Waals surface area (Å²) in [6, 6.07) is 13.7. The van der Waals surface area contributed by atoms with Crippen molar-refractivity contribution in [1.29, 1.82) is 0 Å². The van der Waals surface area contributed by atoms with Crippen LogP contribution < -0.4 is 5.32 Å². The van der Waals surface area contributed by atoms with Crippen LogP contribution in [-0.2, 0) is 24.3 Å². The molecule has 1 saturated carbocycles. The fourth-order valence-electron chi connectivity index (χ4n) is 4.43. The molecule has 0 aromatic heterocycles. The Bertz CT molecular complexity index is 1030. The molecule has 4 rings (SSSR count). The molecule has 1 aliphatic heterocycles. The van der Waals surface area contributed by atoms with Crippen molar-refractivity contribution in [1.82, 2.24) is 14.7 Å². The monoisotopic (exact) mass is 484 g/mol. The number of carbonyl (C=O) groups is 2. The number of hydrogen-bond acceptors (Lipinski definition) is 4. The van der Waals surface area contributed by atoms with E-state index in [0.29, 0.717) is 11.6 Å². The fraction of sp³-hybridized carbons (Fsp3) is 0.462. The van der Waals surface area contributed by atoms with Gasteiger partial charge in [-0.25, -0.2) is 4.79 Å². The number of nitrogens with zero attached hydrogens (tertiary/aromatic N) is 3. The Kier molecular flexibility index (Phi) is 7.95. The highest BCUT2D eigenvalue weighted by Gasteiger charge is 2.27. The van der Waals surface area contributed by atoms with Crippen LogP contribution in [0.5, 0.6) is 0 Å². The molecule has 0 saturated heterocycles. The van der Waals surface area contributed by atoms with E-state index in [0.717, 1.165) is 36.7 Å². The lowest BCUT2D eigenvalue weighted by atomic mass is 9.97. The molecule has 34 heavy (non-hydrogen) atoms. The van der Waals surface area contributed by atoms with Crippen molar-refractivity contribution in [3.63, 3.8) is 0 Å². The lowest BCUT2D eigenvalue weighted by Crippen LogP contribution is -2.41. The normalized spacial score (nSPS) is 15.5. The lowest BCUT2D eigenvalue weighted by molar-refractivity contribution is -0.130. The van der Waals surface area contributed by atoms with Crippen molar-refractivity contribution in [2.45, 2.75) is 32.4 Å². The van der Waals surface area contributed by atoms with Crippen LogP contribution in [0.15, 0.2) is 42.5 Å². The number of anilines is 1. The van der Waals surface area contributed by atoms with Gasteiger partial charge in [0.2, 0.25) is 5.91 Å². The second-order valence-electron chi connectivity index (χ2n) is 9.34. The van der Waals surface area contributed by atoms with Crippen LogP contribution in [0.25, 0.3) is 0 Å². The Hall–Kier alpha value is -2.77. The number of amides is 2. The van der Waals surface area contributed by atoms with Crippen LogP contribution in [-0.4, -0.2) is 71.6 Å². The van der Waals surface area contributed by atoms with Gasteiger partial charge < -0.3 is 20.2 Å². The quantitative estimate of drug-likeness (QED) is 0.529. The maximum Gasteiger partial charge on any atom is 0.407 e. The first-order chi connectivity index (χ1) is 16.4. The molecule has 2 aliphatic rings. The van der Waals surface area contributed by atoms with Crippen molar-refractivity contribution in [2.75, 3.05) is 45.1 Å². The van der Waals surface area contributed by atoms with Gasteiger partial charge in [-0.05, 0) is 54.0 Å².